The van der Waals surface area contributed by atoms with Gasteiger partial charge in [0.1, 0.15) is 0 Å². The highest BCUT2D eigenvalue weighted by Gasteiger charge is 2.07. The number of halogens is 1. The van der Waals surface area contributed by atoms with Crippen molar-refractivity contribution in [3.05, 3.63) is 77.0 Å². The molecular formula is C21H24ClN3O2. The fourth-order valence-electron chi connectivity index (χ4n) is 3.12. The second-order valence-electron chi connectivity index (χ2n) is 6.26. The number of fused-ring (bicyclic) bond motifs is 1. The van der Waals surface area contributed by atoms with E-state index >= 15 is 0 Å². The van der Waals surface area contributed by atoms with Crippen LogP contribution in [-0.2, 0) is 17.8 Å². The first kappa shape index (κ1) is 20.7. The maximum absolute atomic E-state index is 11.1. The van der Waals surface area contributed by atoms with Gasteiger partial charge in [-0.05, 0) is 48.7 Å². The minimum Gasteiger partial charge on any atom is -0.358 e. The average molecular weight is 386 g/mol. The van der Waals surface area contributed by atoms with Gasteiger partial charge >= 0.3 is 0 Å². The summed E-state index contributed by atoms with van der Waals surface area (Å²) in [6, 6.07) is 16.3. The third kappa shape index (κ3) is 5.44. The Morgan fingerprint density at radius 2 is 2.00 bits per heavy atom. The van der Waals surface area contributed by atoms with Crippen LogP contribution in [0.5, 0.6) is 0 Å². The van der Waals surface area contributed by atoms with E-state index in [4.69, 9.17) is 5.21 Å². The highest BCUT2D eigenvalue weighted by molar-refractivity contribution is 5.90. The highest BCUT2D eigenvalue weighted by atomic mass is 35.5. The van der Waals surface area contributed by atoms with E-state index in [0.717, 1.165) is 30.6 Å². The molecule has 0 bridgehead atoms. The Hall–Kier alpha value is -2.60. The number of carbonyl (C=O) groups excluding carboxylic acids is 1. The van der Waals surface area contributed by atoms with Crippen LogP contribution in [-0.4, -0.2) is 22.6 Å². The molecule has 4 N–H and O–H groups in total. The lowest BCUT2D eigenvalue weighted by Crippen LogP contribution is -2.17. The maximum atomic E-state index is 11.1. The lowest BCUT2D eigenvalue weighted by Gasteiger charge is -2.06. The number of aryl methyl sites for hydroxylation is 1. The Morgan fingerprint density at radius 1 is 1.19 bits per heavy atom. The van der Waals surface area contributed by atoms with E-state index in [2.05, 4.69) is 35.4 Å². The van der Waals surface area contributed by atoms with Gasteiger partial charge in [0, 0.05) is 29.2 Å². The number of hydrogen-bond donors (Lipinski definition) is 4. The normalized spacial score (nSPS) is 10.9. The van der Waals surface area contributed by atoms with Crippen molar-refractivity contribution in [2.24, 2.45) is 0 Å². The first-order chi connectivity index (χ1) is 12.7. The number of aromatic nitrogens is 1. The number of para-hydroxylation sites is 1. The number of benzene rings is 2. The first-order valence-electron chi connectivity index (χ1n) is 8.65. The predicted molar refractivity (Wildman–Crippen MR) is 111 cm³/mol. The van der Waals surface area contributed by atoms with Gasteiger partial charge in [0.25, 0.3) is 5.91 Å². The van der Waals surface area contributed by atoms with Gasteiger partial charge in [-0.25, -0.2) is 5.48 Å². The molecule has 1 amide bonds. The SMILES string of the molecule is Cc1[nH]c2ccccc2c1CCNCc1cccc(/C=C/C(=O)NO)c1.Cl. The van der Waals surface area contributed by atoms with Crippen LogP contribution in [0.25, 0.3) is 17.0 Å². The van der Waals surface area contributed by atoms with Crippen molar-refractivity contribution in [1.82, 2.24) is 15.8 Å². The lowest BCUT2D eigenvalue weighted by molar-refractivity contribution is -0.124. The number of hydroxylamine groups is 1. The molecule has 0 aliphatic rings. The van der Waals surface area contributed by atoms with Crippen LogP contribution < -0.4 is 10.8 Å². The van der Waals surface area contributed by atoms with E-state index in [1.807, 2.05) is 30.3 Å². The molecule has 27 heavy (non-hydrogen) atoms. The summed E-state index contributed by atoms with van der Waals surface area (Å²) in [4.78, 5) is 14.5. The summed E-state index contributed by atoms with van der Waals surface area (Å²) >= 11 is 0. The molecule has 3 rings (SSSR count). The molecule has 142 valence electrons. The molecule has 0 spiro atoms. The lowest BCUT2D eigenvalue weighted by atomic mass is 10.1. The zero-order valence-corrected chi connectivity index (χ0v) is 16.0. The van der Waals surface area contributed by atoms with E-state index < -0.39 is 5.91 Å². The Bertz CT molecular complexity index is 934. The van der Waals surface area contributed by atoms with Crippen LogP contribution in [0.4, 0.5) is 0 Å². The Balaban J connectivity index is 0.00000261. The molecule has 1 heterocycles. The van der Waals surface area contributed by atoms with Gasteiger partial charge < -0.3 is 10.3 Å². The summed E-state index contributed by atoms with van der Waals surface area (Å²) in [6.07, 6.45) is 3.93. The molecule has 5 nitrogen and oxygen atoms in total. The number of nitrogens with one attached hydrogen (secondary N) is 3. The smallest absolute Gasteiger partial charge is 0.267 e. The summed E-state index contributed by atoms with van der Waals surface area (Å²) < 4.78 is 0. The van der Waals surface area contributed by atoms with Gasteiger partial charge in [0.05, 0.1) is 0 Å². The molecule has 6 heteroatoms. The van der Waals surface area contributed by atoms with Crippen molar-refractivity contribution in [1.29, 1.82) is 0 Å². The molecule has 0 radical (unpaired) electrons. The second-order valence-corrected chi connectivity index (χ2v) is 6.26. The molecule has 0 aliphatic heterocycles. The van der Waals surface area contributed by atoms with E-state index in [0.29, 0.717) is 0 Å². The average Bonchev–Trinajstić information content (AvgIpc) is 2.99. The standard InChI is InChI=1S/C21H23N3O2.ClH/c1-15-18(19-7-2-3-8-20(19)23-15)11-12-22-14-17-6-4-5-16(13-17)9-10-21(25)24-26;/h2-10,13,22-23,26H,11-12,14H2,1H3,(H,24,25);1H/b10-9+;. The summed E-state index contributed by atoms with van der Waals surface area (Å²) in [5.41, 5.74) is 7.42. The van der Waals surface area contributed by atoms with Gasteiger partial charge in [0.2, 0.25) is 0 Å². The van der Waals surface area contributed by atoms with Gasteiger partial charge in [-0.3, -0.25) is 10.0 Å². The van der Waals surface area contributed by atoms with Gasteiger partial charge in [0.15, 0.2) is 0 Å². The molecular weight excluding hydrogens is 362 g/mol. The second kappa shape index (κ2) is 9.92. The fourth-order valence-corrected chi connectivity index (χ4v) is 3.12. The Morgan fingerprint density at radius 3 is 2.81 bits per heavy atom. The molecule has 0 fully saturated rings. The quantitative estimate of drug-likeness (QED) is 0.216. The highest BCUT2D eigenvalue weighted by Crippen LogP contribution is 2.21. The first-order valence-corrected chi connectivity index (χ1v) is 8.65. The van der Waals surface area contributed by atoms with E-state index in [9.17, 15) is 4.79 Å². The molecule has 0 unspecified atom stereocenters. The number of carbonyl (C=O) groups is 1. The van der Waals surface area contributed by atoms with Crippen LogP contribution in [0.3, 0.4) is 0 Å². The van der Waals surface area contributed by atoms with Gasteiger partial charge in [-0.15, -0.1) is 12.4 Å². The minimum absolute atomic E-state index is 0. The minimum atomic E-state index is -0.539. The van der Waals surface area contributed by atoms with Crippen LogP contribution in [0.2, 0.25) is 0 Å². The fraction of sp³-hybridized carbons (Fsp3) is 0.190. The van der Waals surface area contributed by atoms with Gasteiger partial charge in [-0.1, -0.05) is 42.5 Å². The summed E-state index contributed by atoms with van der Waals surface area (Å²) in [5, 5.41) is 13.3. The number of hydrogen-bond acceptors (Lipinski definition) is 3. The molecule has 0 aliphatic carbocycles. The maximum Gasteiger partial charge on any atom is 0.267 e. The van der Waals surface area contributed by atoms with Crippen LogP contribution in [0.15, 0.2) is 54.6 Å². The summed E-state index contributed by atoms with van der Waals surface area (Å²) in [7, 11) is 0. The Labute approximate surface area is 164 Å². The summed E-state index contributed by atoms with van der Waals surface area (Å²) in [5.74, 6) is -0.539. The topological polar surface area (TPSA) is 77.2 Å². The van der Waals surface area contributed by atoms with Crippen LogP contribution in [0, 0.1) is 6.92 Å². The van der Waals surface area contributed by atoms with Crippen molar-refractivity contribution >= 4 is 35.3 Å². The molecule has 0 saturated heterocycles. The van der Waals surface area contributed by atoms with E-state index in [1.54, 1.807) is 11.6 Å². The third-order valence-electron chi connectivity index (χ3n) is 4.40. The third-order valence-corrected chi connectivity index (χ3v) is 4.40. The largest absolute Gasteiger partial charge is 0.358 e. The van der Waals surface area contributed by atoms with E-state index in [-0.39, 0.29) is 12.4 Å². The zero-order valence-electron chi connectivity index (χ0n) is 15.2. The molecule has 3 aromatic rings. The predicted octanol–water partition coefficient (Wildman–Crippen LogP) is 3.75. The van der Waals surface area contributed by atoms with Crippen molar-refractivity contribution in [2.45, 2.75) is 19.9 Å². The molecule has 0 atom stereocenters. The van der Waals surface area contributed by atoms with Gasteiger partial charge in [-0.2, -0.15) is 0 Å². The molecule has 1 aromatic heterocycles. The van der Waals surface area contributed by atoms with Crippen molar-refractivity contribution in [3.8, 4) is 0 Å². The zero-order chi connectivity index (χ0) is 18.4. The van der Waals surface area contributed by atoms with Crippen molar-refractivity contribution in [2.75, 3.05) is 6.54 Å². The van der Waals surface area contributed by atoms with Crippen LogP contribution in [0.1, 0.15) is 22.4 Å². The van der Waals surface area contributed by atoms with Crippen molar-refractivity contribution < 1.29 is 10.0 Å². The monoisotopic (exact) mass is 385 g/mol. The number of aromatic amines is 1. The number of rotatable bonds is 7. The molecule has 2 aromatic carbocycles. The van der Waals surface area contributed by atoms with E-state index in [1.165, 1.54) is 28.2 Å². The number of H-pyrrole nitrogens is 1. The number of amides is 1. The van der Waals surface area contributed by atoms with Crippen molar-refractivity contribution in [3.63, 3.8) is 0 Å². The molecule has 0 saturated carbocycles. The summed E-state index contributed by atoms with van der Waals surface area (Å²) in [6.45, 7) is 3.76. The Kier molecular flexibility index (Phi) is 7.61. The van der Waals surface area contributed by atoms with Crippen LogP contribution >= 0.6 is 12.4 Å².